The van der Waals surface area contributed by atoms with Crippen molar-refractivity contribution in [3.05, 3.63) is 11.9 Å². The van der Waals surface area contributed by atoms with E-state index in [-0.39, 0.29) is 11.7 Å². The maximum Gasteiger partial charge on any atom is 0.0982 e. The monoisotopic (exact) mass is 231 g/mol. The Labute approximate surface area is 102 Å². The first-order valence-corrected chi connectivity index (χ1v) is 6.28. The summed E-state index contributed by atoms with van der Waals surface area (Å²) < 4.78 is 12.1. The van der Waals surface area contributed by atoms with Crippen molar-refractivity contribution in [3.8, 4) is 6.07 Å². The Morgan fingerprint density at radius 1 is 1.25 bits per heavy atom. The van der Waals surface area contributed by atoms with Gasteiger partial charge in [0, 0.05) is 12.3 Å². The smallest absolute Gasteiger partial charge is 0.0982 e. The molecular formula is C14H30FN. The van der Waals surface area contributed by atoms with Gasteiger partial charge in [-0.25, -0.2) is 4.39 Å². The Bertz CT molecular complexity index is 155. The maximum absolute atomic E-state index is 12.1. The van der Waals surface area contributed by atoms with Crippen molar-refractivity contribution in [2.75, 3.05) is 0 Å². The fourth-order valence-electron chi connectivity index (χ4n) is 0.445. The lowest BCUT2D eigenvalue weighted by atomic mass is 10.2. The lowest BCUT2D eigenvalue weighted by molar-refractivity contribution is 0.518. The number of rotatable bonds is 2. The predicted octanol–water partition coefficient (Wildman–Crippen LogP) is 5.88. The van der Waals surface area contributed by atoms with Gasteiger partial charge < -0.3 is 0 Å². The van der Waals surface area contributed by atoms with E-state index in [1.807, 2.05) is 54.5 Å². The Hall–Kier alpha value is -0.840. The first kappa shape index (κ1) is 24.4. The molecular weight excluding hydrogens is 201 g/mol. The van der Waals surface area contributed by atoms with Crippen LogP contribution in [-0.4, -0.2) is 0 Å². The Kier molecular flexibility index (Phi) is 44.6. The largest absolute Gasteiger partial charge is 0.212 e. The Morgan fingerprint density at radius 2 is 1.62 bits per heavy atom. The molecule has 0 saturated heterocycles. The molecule has 0 heterocycles. The van der Waals surface area contributed by atoms with E-state index in [0.29, 0.717) is 6.42 Å². The summed E-state index contributed by atoms with van der Waals surface area (Å²) in [5.74, 6) is 0.0324. The second kappa shape index (κ2) is 29.2. The molecule has 0 unspecified atom stereocenters. The number of hydrogen-bond acceptors (Lipinski definition) is 1. The minimum Gasteiger partial charge on any atom is -0.212 e. The van der Waals surface area contributed by atoms with Crippen molar-refractivity contribution in [2.45, 2.75) is 68.2 Å². The van der Waals surface area contributed by atoms with Crippen LogP contribution < -0.4 is 0 Å². The van der Waals surface area contributed by atoms with Gasteiger partial charge in [-0.3, -0.25) is 0 Å². The molecule has 0 atom stereocenters. The average molecular weight is 231 g/mol. The molecule has 0 bridgehead atoms. The van der Waals surface area contributed by atoms with E-state index in [9.17, 15) is 4.39 Å². The molecule has 0 aliphatic carbocycles. The van der Waals surface area contributed by atoms with Gasteiger partial charge in [0.25, 0.3) is 0 Å². The van der Waals surface area contributed by atoms with E-state index < -0.39 is 0 Å². The van der Waals surface area contributed by atoms with Crippen molar-refractivity contribution in [3.63, 3.8) is 0 Å². The van der Waals surface area contributed by atoms with Crippen LogP contribution in [0, 0.1) is 17.2 Å². The molecule has 0 aliphatic heterocycles. The molecule has 98 valence electrons. The van der Waals surface area contributed by atoms with Crippen molar-refractivity contribution < 1.29 is 4.39 Å². The van der Waals surface area contributed by atoms with Crippen molar-refractivity contribution in [1.82, 2.24) is 0 Å². The number of hydrogen-bond donors (Lipinski definition) is 0. The highest BCUT2D eigenvalue weighted by Crippen LogP contribution is 2.08. The number of nitrogens with zero attached hydrogens (tertiary/aromatic N) is 1. The van der Waals surface area contributed by atoms with E-state index in [1.165, 1.54) is 6.08 Å². The predicted molar refractivity (Wildman–Crippen MR) is 72.9 cm³/mol. The van der Waals surface area contributed by atoms with Crippen LogP contribution in [0.15, 0.2) is 11.9 Å². The van der Waals surface area contributed by atoms with Crippen molar-refractivity contribution in [2.24, 2.45) is 5.92 Å². The molecule has 2 heteroatoms. The highest BCUT2D eigenvalue weighted by Gasteiger charge is 1.95. The second-order valence-corrected chi connectivity index (χ2v) is 2.74. The minimum atomic E-state index is -0.0278. The number of halogens is 1. The standard InChI is InChI=1S/C6H11F.C4H7N.2C2H6/c1-4-6(7)5(2)3;1-2-3-4-5;2*1-2/h4-5H,1-3H3;2-3H2,1H3;2*1-2H3/b6-4-;;;. The van der Waals surface area contributed by atoms with Gasteiger partial charge in [-0.05, 0) is 13.3 Å². The van der Waals surface area contributed by atoms with E-state index in [4.69, 9.17) is 5.26 Å². The summed E-state index contributed by atoms with van der Waals surface area (Å²) in [6.45, 7) is 15.4. The molecule has 0 N–H and O–H groups in total. The highest BCUT2D eigenvalue weighted by atomic mass is 19.1. The van der Waals surface area contributed by atoms with Crippen LogP contribution >= 0.6 is 0 Å². The Morgan fingerprint density at radius 3 is 1.62 bits per heavy atom. The molecule has 0 aromatic carbocycles. The van der Waals surface area contributed by atoms with E-state index in [0.717, 1.165) is 6.42 Å². The first-order valence-electron chi connectivity index (χ1n) is 6.28. The second-order valence-electron chi connectivity index (χ2n) is 2.74. The summed E-state index contributed by atoms with van der Waals surface area (Å²) in [5.41, 5.74) is 0. The van der Waals surface area contributed by atoms with Crippen LogP contribution in [-0.2, 0) is 0 Å². The van der Waals surface area contributed by atoms with Gasteiger partial charge in [-0.2, -0.15) is 5.26 Å². The average Bonchev–Trinajstić information content (AvgIpc) is 2.35. The zero-order chi connectivity index (χ0) is 14.0. The molecule has 0 rings (SSSR count). The lowest BCUT2D eigenvalue weighted by Gasteiger charge is -1.95. The van der Waals surface area contributed by atoms with Crippen molar-refractivity contribution in [1.29, 1.82) is 5.26 Å². The summed E-state index contributed by atoms with van der Waals surface area (Å²) in [7, 11) is 0. The minimum absolute atomic E-state index is 0.0278. The quantitative estimate of drug-likeness (QED) is 0.582. The molecule has 1 nitrogen and oxygen atoms in total. The van der Waals surface area contributed by atoms with Crippen LogP contribution in [0.2, 0.25) is 0 Å². The molecule has 0 aliphatic rings. The van der Waals surface area contributed by atoms with E-state index >= 15 is 0 Å². The SMILES string of the molecule is C/C=C(\F)C(C)C.CC.CC.CCCC#N. The van der Waals surface area contributed by atoms with Crippen LogP contribution in [0.25, 0.3) is 0 Å². The van der Waals surface area contributed by atoms with Gasteiger partial charge in [-0.15, -0.1) is 0 Å². The summed E-state index contributed by atoms with van der Waals surface area (Å²) in [5, 5.41) is 7.82. The third kappa shape index (κ3) is 38.0. The molecule has 0 aromatic rings. The topological polar surface area (TPSA) is 23.8 Å². The molecule has 0 saturated carbocycles. The summed E-state index contributed by atoms with van der Waals surface area (Å²) in [4.78, 5) is 0. The van der Waals surface area contributed by atoms with Gasteiger partial charge in [0.15, 0.2) is 0 Å². The lowest BCUT2D eigenvalue weighted by Crippen LogP contribution is -1.83. The molecule has 0 fully saturated rings. The normalized spacial score (nSPS) is 8.44. The van der Waals surface area contributed by atoms with Crippen LogP contribution in [0.3, 0.4) is 0 Å². The van der Waals surface area contributed by atoms with Crippen LogP contribution in [0.4, 0.5) is 4.39 Å². The summed E-state index contributed by atoms with van der Waals surface area (Å²) >= 11 is 0. The zero-order valence-electron chi connectivity index (χ0n) is 12.4. The van der Waals surface area contributed by atoms with Gasteiger partial charge in [0.1, 0.15) is 0 Å². The molecule has 0 aromatic heterocycles. The fraction of sp³-hybridized carbons (Fsp3) is 0.786. The summed E-state index contributed by atoms with van der Waals surface area (Å²) in [6.07, 6.45) is 3.17. The van der Waals surface area contributed by atoms with Crippen molar-refractivity contribution >= 4 is 0 Å². The van der Waals surface area contributed by atoms with Gasteiger partial charge in [0.05, 0.1) is 11.9 Å². The molecule has 0 amide bonds. The van der Waals surface area contributed by atoms with E-state index in [2.05, 4.69) is 0 Å². The third-order valence-electron chi connectivity index (χ3n) is 1.19. The molecule has 16 heavy (non-hydrogen) atoms. The zero-order valence-corrected chi connectivity index (χ0v) is 12.4. The number of allylic oxidation sites excluding steroid dienone is 2. The summed E-state index contributed by atoms with van der Waals surface area (Å²) in [6, 6.07) is 2.02. The van der Waals surface area contributed by atoms with E-state index in [1.54, 1.807) is 6.92 Å². The van der Waals surface area contributed by atoms with Gasteiger partial charge in [0.2, 0.25) is 0 Å². The molecule has 0 radical (unpaired) electrons. The Balaban J connectivity index is -0.0000000704. The number of nitriles is 1. The van der Waals surface area contributed by atoms with Crippen LogP contribution in [0.1, 0.15) is 68.2 Å². The number of unbranched alkanes of at least 4 members (excludes halogenated alkanes) is 1. The fourth-order valence-corrected chi connectivity index (χ4v) is 0.445. The third-order valence-corrected chi connectivity index (χ3v) is 1.19. The molecule has 0 spiro atoms. The maximum atomic E-state index is 12.1. The van der Waals surface area contributed by atoms with Gasteiger partial charge in [-0.1, -0.05) is 54.5 Å². The van der Waals surface area contributed by atoms with Crippen LogP contribution in [0.5, 0.6) is 0 Å². The van der Waals surface area contributed by atoms with Gasteiger partial charge >= 0.3 is 0 Å². The first-order chi connectivity index (χ1) is 7.59. The highest BCUT2D eigenvalue weighted by molar-refractivity contribution is 4.90.